The third-order valence-electron chi connectivity index (χ3n) is 2.44. The summed E-state index contributed by atoms with van der Waals surface area (Å²) in [5.41, 5.74) is 0. The van der Waals surface area contributed by atoms with Gasteiger partial charge in [-0.2, -0.15) is 0 Å². The van der Waals surface area contributed by atoms with Gasteiger partial charge in [-0.15, -0.1) is 0 Å². The third-order valence-corrected chi connectivity index (χ3v) is 6.81. The minimum absolute atomic E-state index is 0.644. The van der Waals surface area contributed by atoms with Gasteiger partial charge in [0.25, 0.3) is 0 Å². The summed E-state index contributed by atoms with van der Waals surface area (Å²) in [6, 6.07) is 0. The van der Waals surface area contributed by atoms with Crippen LogP contribution < -0.4 is 0 Å². The minimum Gasteiger partial charge on any atom is -0.227 e. The predicted octanol–water partition coefficient (Wildman–Crippen LogP) is 1.34. The molecule has 1 saturated heterocycles. The van der Waals surface area contributed by atoms with E-state index in [1.807, 2.05) is 0 Å². The van der Waals surface area contributed by atoms with Crippen LogP contribution >= 0.6 is 12.2 Å². The number of thiocarbonyl (C=S) groups is 1. The van der Waals surface area contributed by atoms with Crippen LogP contribution in [0.5, 0.6) is 0 Å². The zero-order valence-electron chi connectivity index (χ0n) is 7.13. The molecule has 0 bridgehead atoms. The molecule has 1 aliphatic rings. The molecule has 1 rings (SSSR count). The number of rotatable bonds is 0. The van der Waals surface area contributed by atoms with Crippen molar-refractivity contribution in [3.63, 3.8) is 0 Å². The Morgan fingerprint density at radius 2 is 1.36 bits per heavy atom. The molecule has 0 aromatic heterocycles. The summed E-state index contributed by atoms with van der Waals surface area (Å²) in [6.45, 7) is 6.65. The molecule has 0 radical (unpaired) electrons. The van der Waals surface area contributed by atoms with Crippen LogP contribution in [0.2, 0.25) is 0 Å². The van der Waals surface area contributed by atoms with Gasteiger partial charge in [-0.3, -0.25) is 0 Å². The molecular weight excluding hydrogens is 180 g/mol. The van der Waals surface area contributed by atoms with Gasteiger partial charge in [0, 0.05) is 4.86 Å². The number of hydrogen-bond acceptors (Lipinski definition) is 3. The molecule has 0 aromatic carbocycles. The van der Waals surface area contributed by atoms with Crippen LogP contribution in [0.15, 0.2) is 0 Å². The average molecular weight is 192 g/mol. The Balaban J connectivity index is 3.31. The molecule has 0 spiro atoms. The quantitative estimate of drug-likeness (QED) is 0.543. The first-order valence-corrected chi connectivity index (χ1v) is 5.34. The second-order valence-electron chi connectivity index (χ2n) is 3.85. The summed E-state index contributed by atoms with van der Waals surface area (Å²) in [5.74, 6) is 0. The van der Waals surface area contributed by atoms with Gasteiger partial charge in [-0.1, -0.05) is 12.2 Å². The maximum absolute atomic E-state index is 11.5. The Kier molecular flexibility index (Phi) is 1.54. The largest absolute Gasteiger partial charge is 0.227 e. The van der Waals surface area contributed by atoms with Crippen LogP contribution in [-0.2, 0) is 9.84 Å². The number of sulfone groups is 1. The van der Waals surface area contributed by atoms with E-state index in [0.717, 1.165) is 0 Å². The molecule has 0 N–H and O–H groups in total. The summed E-state index contributed by atoms with van der Waals surface area (Å²) >= 11 is 5.03. The minimum atomic E-state index is -3.03. The van der Waals surface area contributed by atoms with Gasteiger partial charge < -0.3 is 0 Å². The fraction of sp³-hybridized carbons (Fsp3) is 0.857. The molecule has 0 atom stereocenters. The first-order valence-electron chi connectivity index (χ1n) is 3.45. The van der Waals surface area contributed by atoms with E-state index in [4.69, 9.17) is 12.2 Å². The topological polar surface area (TPSA) is 34.1 Å². The summed E-state index contributed by atoms with van der Waals surface area (Å²) in [4.78, 5) is 0.644. The molecule has 0 amide bonds. The fourth-order valence-electron chi connectivity index (χ4n) is 1.56. The molecule has 1 heterocycles. The van der Waals surface area contributed by atoms with Crippen molar-refractivity contribution in [1.29, 1.82) is 0 Å². The molecule has 4 heteroatoms. The molecule has 64 valence electrons. The van der Waals surface area contributed by atoms with Crippen molar-refractivity contribution in [2.45, 2.75) is 37.2 Å². The molecule has 0 aromatic rings. The van der Waals surface area contributed by atoms with Gasteiger partial charge in [0.05, 0.1) is 0 Å². The maximum atomic E-state index is 11.5. The Labute approximate surface area is 72.9 Å². The van der Waals surface area contributed by atoms with Crippen LogP contribution in [0.25, 0.3) is 0 Å². The maximum Gasteiger partial charge on any atom is 0.170 e. The van der Waals surface area contributed by atoms with Gasteiger partial charge in [-0.05, 0) is 27.7 Å². The summed E-state index contributed by atoms with van der Waals surface area (Å²) < 4.78 is 21.5. The lowest BCUT2D eigenvalue weighted by atomic mass is 9.96. The SMILES string of the molecule is CC1(C)C(=S)C(C)(C)S1(=O)=O. The van der Waals surface area contributed by atoms with E-state index >= 15 is 0 Å². The van der Waals surface area contributed by atoms with E-state index in [9.17, 15) is 8.42 Å². The lowest BCUT2D eigenvalue weighted by Crippen LogP contribution is -2.68. The molecule has 1 aliphatic heterocycles. The molecule has 11 heavy (non-hydrogen) atoms. The Morgan fingerprint density at radius 3 is 1.45 bits per heavy atom. The number of hydrogen-bond donors (Lipinski definition) is 0. The summed E-state index contributed by atoms with van der Waals surface area (Å²) in [6.07, 6.45) is 0. The van der Waals surface area contributed by atoms with Crippen LogP contribution in [0.4, 0.5) is 0 Å². The van der Waals surface area contributed by atoms with Crippen LogP contribution in [0.1, 0.15) is 27.7 Å². The van der Waals surface area contributed by atoms with Crippen molar-refractivity contribution in [2.24, 2.45) is 0 Å². The average Bonchev–Trinajstić information content (AvgIpc) is 1.84. The van der Waals surface area contributed by atoms with E-state index in [2.05, 4.69) is 0 Å². The van der Waals surface area contributed by atoms with Gasteiger partial charge in [-0.25, -0.2) is 8.42 Å². The van der Waals surface area contributed by atoms with Gasteiger partial charge in [0.1, 0.15) is 9.49 Å². The molecule has 0 saturated carbocycles. The van der Waals surface area contributed by atoms with Gasteiger partial charge >= 0.3 is 0 Å². The zero-order valence-corrected chi connectivity index (χ0v) is 8.77. The molecule has 0 unspecified atom stereocenters. The van der Waals surface area contributed by atoms with Crippen molar-refractivity contribution < 1.29 is 8.42 Å². The lowest BCUT2D eigenvalue weighted by molar-refractivity contribution is 0.534. The lowest BCUT2D eigenvalue weighted by Gasteiger charge is -2.48. The third kappa shape index (κ3) is 0.719. The first kappa shape index (κ1) is 9.13. The van der Waals surface area contributed by atoms with E-state index in [0.29, 0.717) is 4.86 Å². The highest BCUT2D eigenvalue weighted by Gasteiger charge is 2.63. The Bertz CT molecular complexity index is 285. The normalized spacial score (nSPS) is 31.1. The highest BCUT2D eigenvalue weighted by Crippen LogP contribution is 2.45. The predicted molar refractivity (Wildman–Crippen MR) is 49.7 cm³/mol. The van der Waals surface area contributed by atoms with Gasteiger partial charge in [0.15, 0.2) is 9.84 Å². The van der Waals surface area contributed by atoms with E-state index in [1.165, 1.54) is 0 Å². The highest BCUT2D eigenvalue weighted by atomic mass is 32.2. The van der Waals surface area contributed by atoms with E-state index in [-0.39, 0.29) is 0 Å². The summed E-state index contributed by atoms with van der Waals surface area (Å²) in [5, 5.41) is 0. The van der Waals surface area contributed by atoms with Crippen molar-refractivity contribution in [3.05, 3.63) is 0 Å². The monoisotopic (exact) mass is 192 g/mol. The van der Waals surface area contributed by atoms with E-state index in [1.54, 1.807) is 27.7 Å². The standard InChI is InChI=1S/C7H12O2S2/c1-6(2)5(10)7(3,4)11(6,8)9/h1-4H3. The second-order valence-corrected chi connectivity index (χ2v) is 7.31. The van der Waals surface area contributed by atoms with Crippen LogP contribution in [-0.4, -0.2) is 22.8 Å². The first-order chi connectivity index (χ1) is 4.65. The van der Waals surface area contributed by atoms with Crippen molar-refractivity contribution in [1.82, 2.24) is 0 Å². The Morgan fingerprint density at radius 1 is 1.09 bits per heavy atom. The Hall–Kier alpha value is 0.0400. The second kappa shape index (κ2) is 1.85. The van der Waals surface area contributed by atoms with Crippen molar-refractivity contribution >= 4 is 26.9 Å². The summed E-state index contributed by atoms with van der Waals surface area (Å²) in [7, 11) is -3.03. The zero-order chi connectivity index (χ0) is 9.08. The molecule has 2 nitrogen and oxygen atoms in total. The smallest absolute Gasteiger partial charge is 0.170 e. The fourth-order valence-corrected chi connectivity index (χ4v) is 4.34. The van der Waals surface area contributed by atoms with Crippen LogP contribution in [0, 0.1) is 0 Å². The molecular formula is C7H12O2S2. The molecule has 0 aliphatic carbocycles. The van der Waals surface area contributed by atoms with Crippen LogP contribution in [0.3, 0.4) is 0 Å². The van der Waals surface area contributed by atoms with Crippen molar-refractivity contribution in [2.75, 3.05) is 0 Å². The van der Waals surface area contributed by atoms with Gasteiger partial charge in [0.2, 0.25) is 0 Å². The molecule has 1 fully saturated rings. The highest BCUT2D eigenvalue weighted by molar-refractivity contribution is 8.02. The van der Waals surface area contributed by atoms with Crippen molar-refractivity contribution in [3.8, 4) is 0 Å². The van der Waals surface area contributed by atoms with E-state index < -0.39 is 19.3 Å².